The summed E-state index contributed by atoms with van der Waals surface area (Å²) in [6.45, 7) is 0. The third kappa shape index (κ3) is 9.04. The number of hydrogen-bond donors (Lipinski definition) is 5. The van der Waals surface area contributed by atoms with Crippen LogP contribution in [-0.2, 0) is 14.3 Å². The highest BCUT2D eigenvalue weighted by atomic mass is 32.2. The van der Waals surface area contributed by atoms with E-state index in [0.717, 1.165) is 13.4 Å². The van der Waals surface area contributed by atoms with Gasteiger partial charge in [0.1, 0.15) is 0 Å². The maximum absolute atomic E-state index is 11.0. The molecule has 0 aliphatic heterocycles. The van der Waals surface area contributed by atoms with Crippen LogP contribution in [0.25, 0.3) is 11.2 Å². The molecule has 0 amide bonds. The van der Waals surface area contributed by atoms with Crippen LogP contribution < -0.4 is 17.1 Å². The Morgan fingerprint density at radius 3 is 2.27 bits per heavy atom. The Labute approximate surface area is 123 Å². The zero-order chi connectivity index (χ0) is 17.8. The highest BCUT2D eigenvalue weighted by molar-refractivity contribution is 7.85. The standard InChI is InChI=1S/C5H5N5O.C2H6O3S.H2N2O.HNO/c6-5-9-3-2(4(11)10-5)7-1-8-3;1-5-6(2,3)4;1-2-3;1-2/h1H,(H4,6,7,8,9,10,11);1-2H3;(H2,1,3);1H. The summed E-state index contributed by atoms with van der Waals surface area (Å²) >= 11 is 0. The van der Waals surface area contributed by atoms with Crippen LogP contribution in [0.4, 0.5) is 5.95 Å². The lowest BCUT2D eigenvalue weighted by Crippen LogP contribution is -2.10. The minimum Gasteiger partial charge on any atom is -0.369 e. The quantitative estimate of drug-likeness (QED) is 0.179. The Kier molecular flexibility index (Phi) is 10.5. The molecule has 2 rings (SSSR count). The number of nitrogens with zero attached hydrogens (tertiary/aromatic N) is 3. The van der Waals surface area contributed by atoms with E-state index in [1.54, 1.807) is 5.29 Å². The third-order valence-electron chi connectivity index (χ3n) is 1.62. The van der Waals surface area contributed by atoms with Crippen molar-refractivity contribution in [2.75, 3.05) is 19.1 Å². The predicted octanol–water partition coefficient (Wildman–Crippen LogP) is -1.22. The van der Waals surface area contributed by atoms with Gasteiger partial charge in [-0.1, -0.05) is 5.59 Å². The lowest BCUT2D eigenvalue weighted by Gasteiger charge is -1.89. The molecule has 0 aliphatic rings. The summed E-state index contributed by atoms with van der Waals surface area (Å²) in [5.41, 5.74) is 10.1. The van der Waals surface area contributed by atoms with Crippen LogP contribution >= 0.6 is 0 Å². The van der Waals surface area contributed by atoms with Gasteiger partial charge in [0.15, 0.2) is 11.2 Å². The van der Waals surface area contributed by atoms with Crippen molar-refractivity contribution < 1.29 is 12.6 Å². The van der Waals surface area contributed by atoms with Crippen molar-refractivity contribution >= 4 is 27.2 Å². The van der Waals surface area contributed by atoms with E-state index >= 15 is 0 Å². The fourth-order valence-electron chi connectivity index (χ4n) is 0.860. The van der Waals surface area contributed by atoms with Crippen LogP contribution in [0.1, 0.15) is 0 Å². The van der Waals surface area contributed by atoms with E-state index in [0.29, 0.717) is 11.2 Å². The van der Waals surface area contributed by atoms with Crippen molar-refractivity contribution in [3.63, 3.8) is 0 Å². The number of nitrogens with one attached hydrogen (secondary N) is 3. The fraction of sp³-hybridized carbons (Fsp3) is 0.286. The van der Waals surface area contributed by atoms with Gasteiger partial charge in [-0.2, -0.15) is 18.3 Å². The monoisotopic (exact) mass is 338 g/mol. The summed E-state index contributed by atoms with van der Waals surface area (Å²) in [6, 6.07) is 0. The maximum atomic E-state index is 11.0. The zero-order valence-corrected chi connectivity index (χ0v) is 12.2. The van der Waals surface area contributed by atoms with Crippen molar-refractivity contribution in [2.45, 2.75) is 0 Å². The normalized spacial score (nSPS) is 9.18. The Hall–Kier alpha value is -2.94. The number of nitroso groups, excluding NO2 is 2. The highest BCUT2D eigenvalue weighted by Crippen LogP contribution is 1.98. The lowest BCUT2D eigenvalue weighted by molar-refractivity contribution is 0.403. The van der Waals surface area contributed by atoms with Crippen LogP contribution in [0.3, 0.4) is 0 Å². The largest absolute Gasteiger partial charge is 0.369 e. The number of aromatic nitrogens is 4. The van der Waals surface area contributed by atoms with Gasteiger partial charge >= 0.3 is 0 Å². The van der Waals surface area contributed by atoms with Crippen molar-refractivity contribution in [3.8, 4) is 0 Å². The summed E-state index contributed by atoms with van der Waals surface area (Å²) in [5, 5.41) is 1.75. The number of hydrogen-bond acceptors (Lipinski definition) is 11. The van der Waals surface area contributed by atoms with Crippen molar-refractivity contribution in [3.05, 3.63) is 26.5 Å². The van der Waals surface area contributed by atoms with Crippen molar-refractivity contribution in [1.29, 1.82) is 5.59 Å². The van der Waals surface area contributed by atoms with Gasteiger partial charge in [0.25, 0.3) is 15.7 Å². The summed E-state index contributed by atoms with van der Waals surface area (Å²) < 4.78 is 23.5. The average Bonchev–Trinajstić information content (AvgIpc) is 2.90. The number of nitrogens with two attached hydrogens (primary N) is 2. The van der Waals surface area contributed by atoms with Crippen LogP contribution in [0.15, 0.2) is 16.4 Å². The second kappa shape index (κ2) is 10.8. The molecule has 7 N–H and O–H groups in total. The SMILES string of the molecule is COS(C)(=O)=O.N=O.NN=O.Nc1nc2nc[nH]c2c(=O)[nH]1. The van der Waals surface area contributed by atoms with E-state index in [9.17, 15) is 13.2 Å². The smallest absolute Gasteiger partial charge is 0.278 e. The van der Waals surface area contributed by atoms with E-state index in [1.165, 1.54) is 6.33 Å². The first kappa shape index (κ1) is 21.4. The second-order valence-corrected chi connectivity index (χ2v) is 4.77. The molecule has 0 saturated heterocycles. The van der Waals surface area contributed by atoms with E-state index in [4.69, 9.17) is 15.5 Å². The van der Waals surface area contributed by atoms with E-state index in [1.807, 2.05) is 0 Å². The summed E-state index contributed by atoms with van der Waals surface area (Å²) in [6.07, 6.45) is 2.39. The fourth-order valence-corrected chi connectivity index (χ4v) is 0.860. The van der Waals surface area contributed by atoms with Crippen molar-refractivity contribution in [1.82, 2.24) is 19.9 Å². The van der Waals surface area contributed by atoms with Gasteiger partial charge < -0.3 is 10.7 Å². The van der Waals surface area contributed by atoms with Crippen LogP contribution in [0.2, 0.25) is 0 Å². The number of rotatable bonds is 1. The summed E-state index contributed by atoms with van der Waals surface area (Å²) in [4.78, 5) is 39.4. The predicted molar refractivity (Wildman–Crippen MR) is 76.8 cm³/mol. The molecule has 0 atom stereocenters. The van der Waals surface area contributed by atoms with Gasteiger partial charge in [-0.05, 0) is 0 Å². The van der Waals surface area contributed by atoms with Crippen LogP contribution in [-0.4, -0.2) is 41.7 Å². The molecular weight excluding hydrogens is 324 g/mol. The van der Waals surface area contributed by atoms with Gasteiger partial charge in [0.2, 0.25) is 5.95 Å². The topological polar surface area (TPSA) is 240 Å². The molecule has 0 bridgehead atoms. The van der Waals surface area contributed by atoms with Gasteiger partial charge in [0, 0.05) is 5.29 Å². The molecule has 2 aromatic rings. The molecule has 0 aliphatic carbocycles. The second-order valence-electron chi connectivity index (χ2n) is 3.03. The van der Waals surface area contributed by atoms with Gasteiger partial charge in [-0.25, -0.2) is 4.98 Å². The molecule has 0 aromatic carbocycles. The molecule has 15 heteroatoms. The average molecular weight is 338 g/mol. The minimum absolute atomic E-state index is 0.0783. The first-order valence-electron chi connectivity index (χ1n) is 4.92. The Morgan fingerprint density at radius 1 is 1.41 bits per heavy atom. The lowest BCUT2D eigenvalue weighted by atomic mass is 10.5. The number of anilines is 1. The first-order chi connectivity index (χ1) is 10.2. The molecule has 0 spiro atoms. The Balaban J connectivity index is 0. The molecule has 0 unspecified atom stereocenters. The number of imidazole rings is 1. The molecule has 0 radical (unpaired) electrons. The van der Waals surface area contributed by atoms with E-state index < -0.39 is 10.1 Å². The van der Waals surface area contributed by atoms with E-state index in [2.05, 4.69) is 35.6 Å². The highest BCUT2D eigenvalue weighted by Gasteiger charge is 2.01. The maximum Gasteiger partial charge on any atom is 0.278 e. The third-order valence-corrected chi connectivity index (χ3v) is 2.22. The van der Waals surface area contributed by atoms with Crippen LogP contribution in [0, 0.1) is 15.4 Å². The van der Waals surface area contributed by atoms with Gasteiger partial charge in [0.05, 0.1) is 19.7 Å². The van der Waals surface area contributed by atoms with Crippen molar-refractivity contribution in [2.24, 2.45) is 11.1 Å². The zero-order valence-electron chi connectivity index (χ0n) is 11.4. The molecule has 2 aromatic heterocycles. The number of H-pyrrole nitrogens is 2. The Bertz CT molecular complexity index is 724. The number of fused-ring (bicyclic) bond motifs is 1. The summed E-state index contributed by atoms with van der Waals surface area (Å²) in [5.74, 6) is 4.00. The molecule has 0 saturated carbocycles. The molecule has 0 fully saturated rings. The molecular formula is C7H14N8O6S. The van der Waals surface area contributed by atoms with Gasteiger partial charge in [-0.15, -0.1) is 4.91 Å². The number of nitrogen functional groups attached to an aromatic ring is 1. The van der Waals surface area contributed by atoms with Crippen LogP contribution in [0.5, 0.6) is 0 Å². The minimum atomic E-state index is -3.16. The first-order valence-corrected chi connectivity index (χ1v) is 6.74. The van der Waals surface area contributed by atoms with Gasteiger partial charge in [-0.3, -0.25) is 19.8 Å². The Morgan fingerprint density at radius 2 is 1.86 bits per heavy atom. The molecule has 124 valence electrons. The molecule has 22 heavy (non-hydrogen) atoms. The van der Waals surface area contributed by atoms with E-state index in [-0.39, 0.29) is 11.5 Å². The molecule has 14 nitrogen and oxygen atoms in total. The summed E-state index contributed by atoms with van der Waals surface area (Å²) in [7, 11) is -2.04. The number of aromatic amines is 2. The molecule has 2 heterocycles.